The van der Waals surface area contributed by atoms with Gasteiger partial charge in [0.1, 0.15) is 5.75 Å². The third kappa shape index (κ3) is 3.13. The molecular weight excluding hydrogens is 306 g/mol. The fraction of sp³-hybridized carbons (Fsp3) is 0.667. The van der Waals surface area contributed by atoms with E-state index in [2.05, 4.69) is 15.2 Å². The Balaban J connectivity index is 1.34. The number of hydrogen-bond donors (Lipinski definition) is 1. The van der Waals surface area contributed by atoms with Crippen molar-refractivity contribution in [3.63, 3.8) is 0 Å². The van der Waals surface area contributed by atoms with Crippen LogP contribution in [-0.2, 0) is 9.53 Å². The van der Waals surface area contributed by atoms with Gasteiger partial charge in [0, 0.05) is 18.7 Å². The molecular formula is C18H25N3O3. The molecule has 0 aromatic carbocycles. The molecule has 3 fully saturated rings. The predicted molar refractivity (Wildman–Crippen MR) is 88.7 cm³/mol. The first-order chi connectivity index (χ1) is 11.8. The van der Waals surface area contributed by atoms with Crippen LogP contribution in [0.4, 0.5) is 0 Å². The number of likely N-dealkylation sites (tertiary alicyclic amines) is 1. The minimum atomic E-state index is -0.0591. The highest BCUT2D eigenvalue weighted by atomic mass is 16.5. The average Bonchev–Trinajstić information content (AvgIpc) is 3.04. The first-order valence-electron chi connectivity index (χ1n) is 9.01. The minimum absolute atomic E-state index is 0.0349. The van der Waals surface area contributed by atoms with Gasteiger partial charge in [-0.05, 0) is 44.5 Å². The zero-order valence-electron chi connectivity index (χ0n) is 13.9. The van der Waals surface area contributed by atoms with E-state index in [9.17, 15) is 4.79 Å². The van der Waals surface area contributed by atoms with E-state index < -0.39 is 0 Å². The molecule has 0 bridgehead atoms. The van der Waals surface area contributed by atoms with Gasteiger partial charge in [0.25, 0.3) is 5.91 Å². The largest absolute Gasteiger partial charge is 0.482 e. The second-order valence-corrected chi connectivity index (χ2v) is 6.95. The van der Waals surface area contributed by atoms with Gasteiger partial charge >= 0.3 is 0 Å². The smallest absolute Gasteiger partial charge is 0.258 e. The molecule has 4 atom stereocenters. The number of ether oxygens (including phenoxy) is 2. The van der Waals surface area contributed by atoms with Gasteiger partial charge in [-0.15, -0.1) is 0 Å². The third-order valence-electron chi connectivity index (χ3n) is 5.49. The van der Waals surface area contributed by atoms with Gasteiger partial charge in [0.05, 0.1) is 24.4 Å². The van der Waals surface area contributed by atoms with Crippen molar-refractivity contribution in [3.05, 3.63) is 24.5 Å². The van der Waals surface area contributed by atoms with Crippen molar-refractivity contribution in [2.45, 2.75) is 43.9 Å². The Kier molecular flexibility index (Phi) is 4.67. The van der Waals surface area contributed by atoms with Crippen molar-refractivity contribution < 1.29 is 14.3 Å². The Morgan fingerprint density at radius 3 is 3.04 bits per heavy atom. The molecule has 3 aliphatic rings. The summed E-state index contributed by atoms with van der Waals surface area (Å²) in [6.45, 7) is 3.09. The maximum absolute atomic E-state index is 12.3. The second kappa shape index (κ2) is 7.07. The van der Waals surface area contributed by atoms with Crippen LogP contribution < -0.4 is 10.1 Å². The number of amides is 1. The Labute approximate surface area is 142 Å². The Bertz CT molecular complexity index is 562. The summed E-state index contributed by atoms with van der Waals surface area (Å²) in [6, 6.07) is 4.13. The van der Waals surface area contributed by atoms with Crippen LogP contribution in [0.3, 0.4) is 0 Å². The number of pyridine rings is 1. The molecule has 1 saturated carbocycles. The summed E-state index contributed by atoms with van der Waals surface area (Å²) in [5.41, 5.74) is 0. The van der Waals surface area contributed by atoms with Crippen molar-refractivity contribution in [2.24, 2.45) is 5.92 Å². The predicted octanol–water partition coefficient (Wildman–Crippen LogP) is 1.22. The highest BCUT2D eigenvalue weighted by Crippen LogP contribution is 2.42. The van der Waals surface area contributed by atoms with Gasteiger partial charge in [-0.25, -0.2) is 0 Å². The van der Waals surface area contributed by atoms with E-state index >= 15 is 0 Å². The number of rotatable bonds is 5. The van der Waals surface area contributed by atoms with E-state index in [0.29, 0.717) is 23.8 Å². The molecule has 6 nitrogen and oxygen atoms in total. The molecule has 0 unspecified atom stereocenters. The molecule has 2 aliphatic heterocycles. The van der Waals surface area contributed by atoms with Gasteiger partial charge in [-0.2, -0.15) is 0 Å². The van der Waals surface area contributed by atoms with Crippen LogP contribution in [0, 0.1) is 5.92 Å². The van der Waals surface area contributed by atoms with Gasteiger partial charge in [-0.1, -0.05) is 6.42 Å². The van der Waals surface area contributed by atoms with Gasteiger partial charge in [-0.3, -0.25) is 14.7 Å². The van der Waals surface area contributed by atoms with Crippen LogP contribution in [0.2, 0.25) is 0 Å². The lowest BCUT2D eigenvalue weighted by atomic mass is 9.70. The Morgan fingerprint density at radius 1 is 1.38 bits per heavy atom. The molecule has 6 heteroatoms. The second-order valence-electron chi connectivity index (χ2n) is 6.95. The summed E-state index contributed by atoms with van der Waals surface area (Å²) in [5.74, 6) is 1.02. The van der Waals surface area contributed by atoms with Gasteiger partial charge < -0.3 is 14.8 Å². The molecule has 1 aromatic heterocycles. The van der Waals surface area contributed by atoms with E-state index in [-0.39, 0.29) is 18.6 Å². The molecule has 4 rings (SSSR count). The lowest BCUT2D eigenvalue weighted by Crippen LogP contribution is -2.71. The number of fused-ring (bicyclic) bond motifs is 1. The summed E-state index contributed by atoms with van der Waals surface area (Å²) in [6.07, 6.45) is 8.46. The zero-order valence-corrected chi connectivity index (χ0v) is 13.9. The number of hydrogen-bond acceptors (Lipinski definition) is 5. The van der Waals surface area contributed by atoms with Gasteiger partial charge in [0.15, 0.2) is 6.61 Å². The molecule has 1 amide bonds. The third-order valence-corrected chi connectivity index (χ3v) is 5.49. The molecule has 1 aliphatic carbocycles. The summed E-state index contributed by atoms with van der Waals surface area (Å²) in [4.78, 5) is 18.8. The SMILES string of the molecule is O=C(COc1cccnc1)N[C@H]1[C@H]2CCO[C@H]2[C@@H]1N1CCCCC1. The van der Waals surface area contributed by atoms with E-state index in [1.54, 1.807) is 24.5 Å². The maximum atomic E-state index is 12.3. The van der Waals surface area contributed by atoms with Crippen molar-refractivity contribution in [1.29, 1.82) is 0 Å². The highest BCUT2D eigenvalue weighted by Gasteiger charge is 2.56. The van der Waals surface area contributed by atoms with Crippen molar-refractivity contribution in [2.75, 3.05) is 26.3 Å². The standard InChI is InChI=1S/C18H25N3O3/c22-15(12-24-13-5-4-7-19-11-13)20-16-14-6-10-23-18(14)17(16)21-8-2-1-3-9-21/h4-5,7,11,14,16-18H,1-3,6,8-10,12H2,(H,20,22)/t14-,16+,17-,18-/m1/s1. The summed E-state index contributed by atoms with van der Waals surface area (Å²) in [7, 11) is 0. The summed E-state index contributed by atoms with van der Waals surface area (Å²) < 4.78 is 11.4. The molecule has 1 N–H and O–H groups in total. The van der Waals surface area contributed by atoms with E-state index in [4.69, 9.17) is 9.47 Å². The molecule has 3 heterocycles. The molecule has 0 radical (unpaired) electrons. The number of nitrogens with zero attached hydrogens (tertiary/aromatic N) is 2. The van der Waals surface area contributed by atoms with E-state index in [1.807, 2.05) is 0 Å². The van der Waals surface area contributed by atoms with Crippen molar-refractivity contribution in [3.8, 4) is 5.75 Å². The van der Waals surface area contributed by atoms with Crippen LogP contribution >= 0.6 is 0 Å². The lowest BCUT2D eigenvalue weighted by molar-refractivity contribution is -0.132. The monoisotopic (exact) mass is 331 g/mol. The average molecular weight is 331 g/mol. The fourth-order valence-corrected chi connectivity index (χ4v) is 4.33. The lowest BCUT2D eigenvalue weighted by Gasteiger charge is -2.53. The summed E-state index contributed by atoms with van der Waals surface area (Å²) >= 11 is 0. The number of nitrogens with one attached hydrogen (secondary N) is 1. The van der Waals surface area contributed by atoms with E-state index in [0.717, 1.165) is 26.1 Å². The van der Waals surface area contributed by atoms with Gasteiger partial charge in [0.2, 0.25) is 0 Å². The molecule has 24 heavy (non-hydrogen) atoms. The van der Waals surface area contributed by atoms with Crippen LogP contribution in [0.5, 0.6) is 5.75 Å². The van der Waals surface area contributed by atoms with Crippen LogP contribution in [0.25, 0.3) is 0 Å². The number of aromatic nitrogens is 1. The van der Waals surface area contributed by atoms with Crippen molar-refractivity contribution in [1.82, 2.24) is 15.2 Å². The first-order valence-corrected chi connectivity index (χ1v) is 9.01. The highest BCUT2D eigenvalue weighted by molar-refractivity contribution is 5.78. The maximum Gasteiger partial charge on any atom is 0.258 e. The molecule has 1 aromatic rings. The van der Waals surface area contributed by atoms with Crippen molar-refractivity contribution >= 4 is 5.91 Å². The Morgan fingerprint density at radius 2 is 2.25 bits per heavy atom. The molecule has 130 valence electrons. The Hall–Kier alpha value is -1.66. The quantitative estimate of drug-likeness (QED) is 0.879. The van der Waals surface area contributed by atoms with E-state index in [1.165, 1.54) is 19.3 Å². The first kappa shape index (κ1) is 15.8. The molecule has 0 spiro atoms. The minimum Gasteiger partial charge on any atom is -0.482 e. The van der Waals surface area contributed by atoms with Crippen LogP contribution in [0.15, 0.2) is 24.5 Å². The van der Waals surface area contributed by atoms with Crippen LogP contribution in [-0.4, -0.2) is 60.3 Å². The topological polar surface area (TPSA) is 63.7 Å². The molecule has 2 saturated heterocycles. The fourth-order valence-electron chi connectivity index (χ4n) is 4.33. The zero-order chi connectivity index (χ0) is 16.4. The summed E-state index contributed by atoms with van der Waals surface area (Å²) in [5, 5.41) is 3.20. The van der Waals surface area contributed by atoms with Crippen LogP contribution in [0.1, 0.15) is 25.7 Å². The number of carbonyl (C=O) groups is 1. The number of carbonyl (C=O) groups excluding carboxylic acids is 1. The number of piperidine rings is 1. The normalized spacial score (nSPS) is 32.7.